The smallest absolute Gasteiger partial charge is 0.310 e. The molecule has 1 fully saturated rings. The molecule has 3 rings (SSSR count). The fraction of sp³-hybridized carbons (Fsp3) is 0.412. The summed E-state index contributed by atoms with van der Waals surface area (Å²) in [5.41, 5.74) is 1.65. The molecule has 1 aliphatic heterocycles. The zero-order valence-corrected chi connectivity index (χ0v) is 12.2. The summed E-state index contributed by atoms with van der Waals surface area (Å²) in [6.07, 6.45) is 3.26. The van der Waals surface area contributed by atoms with Gasteiger partial charge in [-0.25, -0.2) is 0 Å². The highest BCUT2D eigenvalue weighted by Gasteiger charge is 2.43. The Morgan fingerprint density at radius 2 is 2.19 bits per heavy atom. The number of likely N-dealkylation sites (tertiary alicyclic amines) is 1. The van der Waals surface area contributed by atoms with Gasteiger partial charge in [-0.3, -0.25) is 14.7 Å². The van der Waals surface area contributed by atoms with Gasteiger partial charge in [0.2, 0.25) is 0 Å². The summed E-state index contributed by atoms with van der Waals surface area (Å²) in [6.45, 7) is 4.24. The Bertz CT molecular complexity index is 665. The number of pyridine rings is 1. The molecule has 2 heterocycles. The Labute approximate surface area is 124 Å². The molecular weight excluding hydrogens is 264 g/mol. The average molecular weight is 284 g/mol. The van der Waals surface area contributed by atoms with E-state index >= 15 is 0 Å². The van der Waals surface area contributed by atoms with Crippen LogP contribution in [0, 0.1) is 5.41 Å². The Morgan fingerprint density at radius 3 is 2.90 bits per heavy atom. The highest BCUT2D eigenvalue weighted by atomic mass is 16.4. The number of carbonyl (C=O) groups is 1. The first-order valence-electron chi connectivity index (χ1n) is 7.43. The third-order valence-electron chi connectivity index (χ3n) is 4.70. The number of aliphatic carboxylic acids is 1. The van der Waals surface area contributed by atoms with E-state index < -0.39 is 11.4 Å². The second-order valence-electron chi connectivity index (χ2n) is 5.89. The molecule has 21 heavy (non-hydrogen) atoms. The highest BCUT2D eigenvalue weighted by Crippen LogP contribution is 2.35. The van der Waals surface area contributed by atoms with Crippen LogP contribution in [0.1, 0.15) is 25.3 Å². The lowest BCUT2D eigenvalue weighted by Crippen LogP contribution is -2.33. The molecule has 0 saturated carbocycles. The third kappa shape index (κ3) is 2.51. The molecule has 2 aromatic rings. The molecule has 1 N–H and O–H groups in total. The number of aromatic nitrogens is 1. The topological polar surface area (TPSA) is 53.4 Å². The summed E-state index contributed by atoms with van der Waals surface area (Å²) in [6, 6.07) is 10.1. The number of hydrogen-bond acceptors (Lipinski definition) is 3. The predicted octanol–water partition coefficient (Wildman–Crippen LogP) is 2.92. The van der Waals surface area contributed by atoms with Gasteiger partial charge in [0.1, 0.15) is 0 Å². The van der Waals surface area contributed by atoms with Gasteiger partial charge < -0.3 is 5.11 Å². The minimum Gasteiger partial charge on any atom is -0.481 e. The van der Waals surface area contributed by atoms with Gasteiger partial charge in [-0.15, -0.1) is 0 Å². The van der Waals surface area contributed by atoms with Crippen LogP contribution in [0.4, 0.5) is 0 Å². The number of benzene rings is 1. The van der Waals surface area contributed by atoms with E-state index in [1.165, 1.54) is 5.56 Å². The molecule has 4 heteroatoms. The summed E-state index contributed by atoms with van der Waals surface area (Å²) >= 11 is 0. The number of hydrogen-bond donors (Lipinski definition) is 1. The molecule has 1 atom stereocenters. The van der Waals surface area contributed by atoms with Crippen molar-refractivity contribution in [3.05, 3.63) is 42.1 Å². The molecule has 1 aromatic heterocycles. The largest absolute Gasteiger partial charge is 0.481 e. The Balaban J connectivity index is 1.83. The van der Waals surface area contributed by atoms with Crippen molar-refractivity contribution in [2.24, 2.45) is 5.41 Å². The van der Waals surface area contributed by atoms with E-state index in [1.807, 2.05) is 37.4 Å². The molecule has 0 aliphatic carbocycles. The molecule has 0 radical (unpaired) electrons. The third-order valence-corrected chi connectivity index (χ3v) is 4.70. The molecule has 4 nitrogen and oxygen atoms in total. The highest BCUT2D eigenvalue weighted by molar-refractivity contribution is 5.81. The fourth-order valence-corrected chi connectivity index (χ4v) is 3.24. The Morgan fingerprint density at radius 1 is 1.38 bits per heavy atom. The maximum absolute atomic E-state index is 11.5. The maximum atomic E-state index is 11.5. The number of fused-ring (bicyclic) bond motifs is 1. The van der Waals surface area contributed by atoms with Crippen LogP contribution in [0.2, 0.25) is 0 Å². The number of rotatable bonds is 4. The normalized spacial score (nSPS) is 22.7. The zero-order valence-electron chi connectivity index (χ0n) is 12.2. The number of nitrogens with zero attached hydrogens (tertiary/aromatic N) is 2. The van der Waals surface area contributed by atoms with Gasteiger partial charge in [0.15, 0.2) is 0 Å². The van der Waals surface area contributed by atoms with Crippen molar-refractivity contribution < 1.29 is 9.90 Å². The van der Waals surface area contributed by atoms with Gasteiger partial charge in [-0.2, -0.15) is 0 Å². The number of para-hydroxylation sites is 1. The quantitative estimate of drug-likeness (QED) is 0.938. The zero-order chi connectivity index (χ0) is 14.9. The molecule has 1 aromatic carbocycles. The minimum absolute atomic E-state index is 0.567. The van der Waals surface area contributed by atoms with Gasteiger partial charge in [-0.05, 0) is 37.1 Å². The fourth-order valence-electron chi connectivity index (χ4n) is 3.24. The second-order valence-corrected chi connectivity index (χ2v) is 5.89. The summed E-state index contributed by atoms with van der Waals surface area (Å²) in [7, 11) is 0. The summed E-state index contributed by atoms with van der Waals surface area (Å²) < 4.78 is 0. The van der Waals surface area contributed by atoms with Crippen LogP contribution < -0.4 is 0 Å². The molecule has 110 valence electrons. The molecule has 1 aliphatic rings. The standard InChI is InChI=1S/C17H20N2O2/c1-2-17(16(20)21)8-10-19(12-17)11-13-7-9-18-15-6-4-3-5-14(13)15/h3-7,9H,2,8,10-12H2,1H3,(H,20,21). The predicted molar refractivity (Wildman–Crippen MR) is 82.0 cm³/mol. The van der Waals surface area contributed by atoms with Gasteiger partial charge >= 0.3 is 5.97 Å². The van der Waals surface area contributed by atoms with E-state index in [0.717, 1.165) is 30.4 Å². The first kappa shape index (κ1) is 14.0. The number of carboxylic acids is 1. The van der Waals surface area contributed by atoms with Crippen molar-refractivity contribution in [3.63, 3.8) is 0 Å². The van der Waals surface area contributed by atoms with E-state index in [4.69, 9.17) is 0 Å². The lowest BCUT2D eigenvalue weighted by molar-refractivity contribution is -0.148. The van der Waals surface area contributed by atoms with Gasteiger partial charge in [0, 0.05) is 24.7 Å². The lowest BCUT2D eigenvalue weighted by Gasteiger charge is -2.23. The van der Waals surface area contributed by atoms with Crippen LogP contribution in [0.25, 0.3) is 10.9 Å². The van der Waals surface area contributed by atoms with Crippen molar-refractivity contribution in [3.8, 4) is 0 Å². The monoisotopic (exact) mass is 284 g/mol. The van der Waals surface area contributed by atoms with Crippen LogP contribution in [-0.2, 0) is 11.3 Å². The van der Waals surface area contributed by atoms with E-state index in [9.17, 15) is 9.90 Å². The van der Waals surface area contributed by atoms with Crippen molar-refractivity contribution in [1.29, 1.82) is 0 Å². The van der Waals surface area contributed by atoms with Gasteiger partial charge in [-0.1, -0.05) is 25.1 Å². The van der Waals surface area contributed by atoms with Gasteiger partial charge in [0.05, 0.1) is 10.9 Å². The second kappa shape index (κ2) is 5.45. The Kier molecular flexibility index (Phi) is 3.64. The van der Waals surface area contributed by atoms with E-state index in [-0.39, 0.29) is 0 Å². The molecule has 1 unspecified atom stereocenters. The molecule has 1 saturated heterocycles. The van der Waals surface area contributed by atoms with Crippen LogP contribution in [-0.4, -0.2) is 34.0 Å². The number of carboxylic acid groups (broad SMARTS) is 1. The van der Waals surface area contributed by atoms with Gasteiger partial charge in [0.25, 0.3) is 0 Å². The van der Waals surface area contributed by atoms with E-state index in [1.54, 1.807) is 0 Å². The minimum atomic E-state index is -0.660. The molecule has 0 spiro atoms. The first-order chi connectivity index (χ1) is 10.1. The summed E-state index contributed by atoms with van der Waals surface area (Å²) in [5.74, 6) is -0.660. The van der Waals surface area contributed by atoms with Crippen LogP contribution in [0.5, 0.6) is 0 Å². The maximum Gasteiger partial charge on any atom is 0.310 e. The molecule has 0 bridgehead atoms. The van der Waals surface area contributed by atoms with Crippen molar-refractivity contribution in [2.75, 3.05) is 13.1 Å². The first-order valence-corrected chi connectivity index (χ1v) is 7.43. The lowest BCUT2D eigenvalue weighted by atomic mass is 9.84. The van der Waals surface area contributed by atoms with Crippen molar-refractivity contribution in [2.45, 2.75) is 26.3 Å². The van der Waals surface area contributed by atoms with Crippen molar-refractivity contribution in [1.82, 2.24) is 9.88 Å². The van der Waals surface area contributed by atoms with E-state index in [2.05, 4.69) is 16.0 Å². The van der Waals surface area contributed by atoms with Crippen LogP contribution in [0.15, 0.2) is 36.5 Å². The van der Waals surface area contributed by atoms with E-state index in [0.29, 0.717) is 13.0 Å². The SMILES string of the molecule is CCC1(C(=O)O)CCN(Cc2ccnc3ccccc23)C1. The summed E-state index contributed by atoms with van der Waals surface area (Å²) in [4.78, 5) is 18.2. The van der Waals surface area contributed by atoms with Crippen LogP contribution in [0.3, 0.4) is 0 Å². The van der Waals surface area contributed by atoms with Crippen LogP contribution >= 0.6 is 0 Å². The molecule has 0 amide bonds. The summed E-state index contributed by atoms with van der Waals surface area (Å²) in [5, 5.41) is 10.6. The average Bonchev–Trinajstić information content (AvgIpc) is 2.92. The Hall–Kier alpha value is -1.94. The van der Waals surface area contributed by atoms with Crippen molar-refractivity contribution >= 4 is 16.9 Å². The molecular formula is C17H20N2O2.